The van der Waals surface area contributed by atoms with Crippen LogP contribution in [0.25, 0.3) is 0 Å². The van der Waals surface area contributed by atoms with E-state index >= 15 is 0 Å². The van der Waals surface area contributed by atoms with Gasteiger partial charge in [-0.2, -0.15) is 0 Å². The van der Waals surface area contributed by atoms with Gasteiger partial charge in [-0.3, -0.25) is 0 Å². The van der Waals surface area contributed by atoms with Crippen LogP contribution in [0.1, 0.15) is 38.6 Å². The van der Waals surface area contributed by atoms with Crippen LogP contribution < -0.4 is 9.80 Å². The number of ether oxygens (including phenoxy) is 1. The maximum absolute atomic E-state index is 5.75. The van der Waals surface area contributed by atoms with E-state index in [1.54, 1.807) is 9.80 Å². The monoisotopic (exact) mass is 310 g/mol. The average Bonchev–Trinajstić information content (AvgIpc) is 3.14. The number of nitrogens with zero attached hydrogens (tertiary/aromatic N) is 4. The van der Waals surface area contributed by atoms with Gasteiger partial charge in [0.1, 0.15) is 26.2 Å². The first-order valence-corrected chi connectivity index (χ1v) is 8.68. The minimum absolute atomic E-state index is 0.280. The lowest BCUT2D eigenvalue weighted by atomic mass is 10.0. The average molecular weight is 310 g/mol. The molecule has 22 heavy (non-hydrogen) atoms. The van der Waals surface area contributed by atoms with Crippen molar-refractivity contribution < 1.29 is 14.5 Å². The normalized spacial score (nSPS) is 30.8. The van der Waals surface area contributed by atoms with E-state index in [9.17, 15) is 0 Å². The maximum atomic E-state index is 5.75. The molecule has 3 heterocycles. The lowest BCUT2D eigenvalue weighted by Gasteiger charge is -2.34. The molecule has 0 bridgehead atoms. The van der Waals surface area contributed by atoms with Crippen molar-refractivity contribution in [2.75, 3.05) is 39.8 Å². The van der Waals surface area contributed by atoms with Gasteiger partial charge in [0, 0.05) is 12.5 Å². The van der Waals surface area contributed by atoms with E-state index < -0.39 is 0 Å². The van der Waals surface area contributed by atoms with Crippen molar-refractivity contribution in [1.82, 2.24) is 20.2 Å². The molecule has 2 atom stereocenters. The highest BCUT2D eigenvalue weighted by Gasteiger charge is 2.36. The molecule has 0 unspecified atom stereocenters. The summed E-state index contributed by atoms with van der Waals surface area (Å²) in [6, 6.07) is 0.379. The number of quaternary nitrogens is 2. The SMILES string of the molecule is CC(C)[C@@H](c1nnnn1C[C@@H]1CCCO1)[NH+]1CC[NH+](C)CC1. The van der Waals surface area contributed by atoms with Crippen molar-refractivity contribution in [1.29, 1.82) is 0 Å². The maximum Gasteiger partial charge on any atom is 0.209 e. The number of aromatic nitrogens is 4. The summed E-state index contributed by atoms with van der Waals surface area (Å²) >= 11 is 0. The van der Waals surface area contributed by atoms with Crippen LogP contribution in [0.5, 0.6) is 0 Å². The molecule has 0 spiro atoms. The first-order chi connectivity index (χ1) is 10.6. The molecule has 7 nitrogen and oxygen atoms in total. The van der Waals surface area contributed by atoms with Crippen LogP contribution in [0.15, 0.2) is 0 Å². The molecule has 0 saturated carbocycles. The fourth-order valence-electron chi connectivity index (χ4n) is 3.81. The number of tetrazole rings is 1. The Bertz CT molecular complexity index is 462. The quantitative estimate of drug-likeness (QED) is 0.658. The minimum atomic E-state index is 0.280. The zero-order valence-corrected chi connectivity index (χ0v) is 14.1. The topological polar surface area (TPSA) is 61.7 Å². The van der Waals surface area contributed by atoms with Crippen molar-refractivity contribution in [3.63, 3.8) is 0 Å². The fourth-order valence-corrected chi connectivity index (χ4v) is 3.81. The van der Waals surface area contributed by atoms with Crippen LogP contribution >= 0.6 is 0 Å². The Labute approximate surface area is 132 Å². The summed E-state index contributed by atoms with van der Waals surface area (Å²) < 4.78 is 7.75. The third kappa shape index (κ3) is 3.47. The van der Waals surface area contributed by atoms with Gasteiger partial charge in [-0.15, -0.1) is 5.10 Å². The van der Waals surface area contributed by atoms with Gasteiger partial charge in [-0.05, 0) is 23.3 Å². The van der Waals surface area contributed by atoms with Gasteiger partial charge >= 0.3 is 0 Å². The van der Waals surface area contributed by atoms with Crippen molar-refractivity contribution in [2.45, 2.75) is 45.4 Å². The standard InChI is InChI=1S/C15H28N6O/c1-12(2)14(20-8-6-19(3)7-9-20)15-16-17-18-21(15)11-13-5-4-10-22-13/h12-14H,4-11H2,1-3H3/p+2/t13-,14-/m0/s1. The van der Waals surface area contributed by atoms with Crippen molar-refractivity contribution in [3.05, 3.63) is 5.82 Å². The Hall–Kier alpha value is -1.05. The van der Waals surface area contributed by atoms with E-state index in [0.717, 1.165) is 31.8 Å². The molecule has 2 aliphatic rings. The molecule has 3 rings (SSSR count). The first kappa shape index (κ1) is 15.8. The van der Waals surface area contributed by atoms with Gasteiger partial charge in [0.15, 0.2) is 6.04 Å². The van der Waals surface area contributed by atoms with Crippen LogP contribution in [-0.4, -0.2) is 66.1 Å². The number of piperazine rings is 1. The highest BCUT2D eigenvalue weighted by Crippen LogP contribution is 2.19. The van der Waals surface area contributed by atoms with Crippen LogP contribution in [0, 0.1) is 5.92 Å². The fraction of sp³-hybridized carbons (Fsp3) is 0.933. The molecule has 124 valence electrons. The van der Waals surface area contributed by atoms with Gasteiger partial charge in [-0.1, -0.05) is 13.8 Å². The molecule has 1 aromatic heterocycles. The summed E-state index contributed by atoms with van der Waals surface area (Å²) in [6.07, 6.45) is 2.56. The first-order valence-electron chi connectivity index (χ1n) is 8.68. The summed E-state index contributed by atoms with van der Waals surface area (Å²) in [5, 5.41) is 12.6. The zero-order chi connectivity index (χ0) is 15.5. The predicted octanol–water partition coefficient (Wildman–Crippen LogP) is -2.04. The molecule has 0 aliphatic carbocycles. The van der Waals surface area contributed by atoms with Crippen LogP contribution in [0.2, 0.25) is 0 Å². The second-order valence-corrected chi connectivity index (χ2v) is 7.19. The predicted molar refractivity (Wildman–Crippen MR) is 81.7 cm³/mol. The van der Waals surface area contributed by atoms with Crippen molar-refractivity contribution >= 4 is 0 Å². The Balaban J connectivity index is 1.75. The number of likely N-dealkylation sites (N-methyl/N-ethyl adjacent to an activating group) is 1. The lowest BCUT2D eigenvalue weighted by molar-refractivity contribution is -1.02. The van der Waals surface area contributed by atoms with E-state index in [1.807, 2.05) is 4.68 Å². The van der Waals surface area contributed by atoms with Gasteiger partial charge < -0.3 is 14.5 Å². The molecule has 0 radical (unpaired) electrons. The van der Waals surface area contributed by atoms with Gasteiger partial charge in [0.2, 0.25) is 5.82 Å². The van der Waals surface area contributed by atoms with Crippen molar-refractivity contribution in [3.8, 4) is 0 Å². The summed E-state index contributed by atoms with van der Waals surface area (Å²) in [5.74, 6) is 1.57. The molecule has 0 aromatic carbocycles. The lowest BCUT2D eigenvalue weighted by Crippen LogP contribution is -3.27. The number of hydrogen-bond donors (Lipinski definition) is 2. The minimum Gasteiger partial charge on any atom is -0.376 e. The third-order valence-electron chi connectivity index (χ3n) is 5.09. The van der Waals surface area contributed by atoms with E-state index in [0.29, 0.717) is 12.0 Å². The van der Waals surface area contributed by atoms with Gasteiger partial charge in [0.25, 0.3) is 0 Å². The Morgan fingerprint density at radius 3 is 2.68 bits per heavy atom. The highest BCUT2D eigenvalue weighted by molar-refractivity contribution is 4.90. The van der Waals surface area contributed by atoms with Crippen molar-refractivity contribution in [2.24, 2.45) is 5.92 Å². The molecule has 7 heteroatoms. The van der Waals surface area contributed by atoms with Gasteiger partial charge in [0.05, 0.1) is 19.7 Å². The zero-order valence-electron chi connectivity index (χ0n) is 14.1. The van der Waals surface area contributed by atoms with Crippen LogP contribution in [0.4, 0.5) is 0 Å². The summed E-state index contributed by atoms with van der Waals surface area (Å²) in [6.45, 7) is 11.1. The van der Waals surface area contributed by atoms with Crippen LogP contribution in [0.3, 0.4) is 0 Å². The second kappa shape index (κ2) is 7.02. The summed E-state index contributed by atoms with van der Waals surface area (Å²) in [7, 11) is 2.28. The number of rotatable bonds is 5. The number of hydrogen-bond acceptors (Lipinski definition) is 4. The van der Waals surface area contributed by atoms with E-state index in [-0.39, 0.29) is 6.10 Å². The van der Waals surface area contributed by atoms with E-state index in [2.05, 4.69) is 36.4 Å². The van der Waals surface area contributed by atoms with Gasteiger partial charge in [-0.25, -0.2) is 4.68 Å². The Morgan fingerprint density at radius 1 is 1.27 bits per heavy atom. The summed E-state index contributed by atoms with van der Waals surface area (Å²) in [5.41, 5.74) is 0. The number of nitrogens with one attached hydrogen (secondary N) is 2. The molecule has 2 aliphatic heterocycles. The smallest absolute Gasteiger partial charge is 0.209 e. The van der Waals surface area contributed by atoms with E-state index in [1.165, 1.54) is 26.2 Å². The highest BCUT2D eigenvalue weighted by atomic mass is 16.5. The molecule has 2 N–H and O–H groups in total. The Morgan fingerprint density at radius 2 is 2.05 bits per heavy atom. The largest absolute Gasteiger partial charge is 0.376 e. The Kier molecular flexibility index (Phi) is 5.05. The molecule has 1 aromatic rings. The molecular weight excluding hydrogens is 280 g/mol. The van der Waals surface area contributed by atoms with E-state index in [4.69, 9.17) is 4.74 Å². The second-order valence-electron chi connectivity index (χ2n) is 7.19. The summed E-state index contributed by atoms with van der Waals surface area (Å²) in [4.78, 5) is 3.26. The van der Waals surface area contributed by atoms with Crippen LogP contribution in [-0.2, 0) is 11.3 Å². The molecule has 2 saturated heterocycles. The third-order valence-corrected chi connectivity index (χ3v) is 5.09. The molecule has 0 amide bonds. The molecule has 2 fully saturated rings. The molecular formula is C15H30N6O+2.